The van der Waals surface area contributed by atoms with E-state index >= 15 is 0 Å². The molecule has 0 bridgehead atoms. The summed E-state index contributed by atoms with van der Waals surface area (Å²) < 4.78 is 1.18. The molecule has 1 saturated carbocycles. The van der Waals surface area contributed by atoms with Crippen LogP contribution in [-0.2, 0) is 6.54 Å². The van der Waals surface area contributed by atoms with Gasteiger partial charge in [-0.1, -0.05) is 11.3 Å². The van der Waals surface area contributed by atoms with Gasteiger partial charge >= 0.3 is 0 Å². The number of rotatable bonds is 4. The van der Waals surface area contributed by atoms with Gasteiger partial charge in [0.05, 0.1) is 8.66 Å². The highest BCUT2D eigenvalue weighted by Gasteiger charge is 2.21. The molecule has 1 aliphatic carbocycles. The maximum Gasteiger partial charge on any atom is 0.157 e. The second-order valence-electron chi connectivity index (χ2n) is 4.22. The molecule has 17 heavy (non-hydrogen) atoms. The van der Waals surface area contributed by atoms with Gasteiger partial charge in [-0.05, 0) is 47.3 Å². The van der Waals surface area contributed by atoms with Crippen LogP contribution < -0.4 is 5.32 Å². The molecule has 0 atom stereocenters. The van der Waals surface area contributed by atoms with E-state index in [0.717, 1.165) is 22.6 Å². The molecule has 1 fully saturated rings. The lowest BCUT2D eigenvalue weighted by molar-refractivity contribution is 0.679. The average Bonchev–Trinajstić information content (AvgIpc) is 2.92. The fraction of sp³-hybridized carbons (Fsp3) is 0.455. The van der Waals surface area contributed by atoms with Gasteiger partial charge in [-0.15, -0.1) is 21.5 Å². The quantitative estimate of drug-likeness (QED) is 0.931. The lowest BCUT2D eigenvalue weighted by Gasteiger charge is -1.95. The second kappa shape index (κ2) is 4.76. The van der Waals surface area contributed by atoms with Crippen LogP contribution >= 0.6 is 38.6 Å². The third-order valence-corrected chi connectivity index (χ3v) is 5.88. The van der Waals surface area contributed by atoms with Gasteiger partial charge in [-0.2, -0.15) is 0 Å². The number of aryl methyl sites for hydroxylation is 1. The largest absolute Gasteiger partial charge is 0.308 e. The highest BCUT2D eigenvalue weighted by Crippen LogP contribution is 2.36. The summed E-state index contributed by atoms with van der Waals surface area (Å²) in [4.78, 5) is 1.20. The summed E-state index contributed by atoms with van der Waals surface area (Å²) in [6.45, 7) is 2.95. The zero-order valence-electron chi connectivity index (χ0n) is 9.36. The van der Waals surface area contributed by atoms with Crippen LogP contribution in [0.4, 0.5) is 0 Å². The molecule has 2 heterocycles. The third kappa shape index (κ3) is 2.76. The lowest BCUT2D eigenvalue weighted by Crippen LogP contribution is -2.14. The van der Waals surface area contributed by atoms with Crippen molar-refractivity contribution in [2.45, 2.75) is 32.4 Å². The SMILES string of the molecule is Cc1cc(-c2nnc(CNC3CC3)s2)sc1Br. The minimum absolute atomic E-state index is 0.723. The van der Waals surface area contributed by atoms with Gasteiger partial charge < -0.3 is 5.32 Å². The van der Waals surface area contributed by atoms with Crippen LogP contribution in [0.25, 0.3) is 9.88 Å². The molecule has 0 aromatic carbocycles. The molecule has 2 aromatic rings. The Bertz CT molecular complexity index is 511. The molecule has 2 aromatic heterocycles. The summed E-state index contributed by atoms with van der Waals surface area (Å²) in [7, 11) is 0. The first kappa shape index (κ1) is 11.8. The number of thiophene rings is 1. The summed E-state index contributed by atoms with van der Waals surface area (Å²) in [6.07, 6.45) is 2.62. The van der Waals surface area contributed by atoms with Gasteiger partial charge in [0.15, 0.2) is 5.01 Å². The molecule has 1 N–H and O–H groups in total. The molecule has 1 aliphatic rings. The summed E-state index contributed by atoms with van der Waals surface area (Å²) in [5.74, 6) is 0. The normalized spacial score (nSPS) is 15.4. The van der Waals surface area contributed by atoms with Crippen LogP contribution in [0.2, 0.25) is 0 Å². The lowest BCUT2D eigenvalue weighted by atomic mass is 10.3. The summed E-state index contributed by atoms with van der Waals surface area (Å²) in [6, 6.07) is 2.88. The monoisotopic (exact) mass is 329 g/mol. The van der Waals surface area contributed by atoms with E-state index in [1.165, 1.54) is 27.1 Å². The number of aromatic nitrogens is 2. The molecule has 0 unspecified atom stereocenters. The highest BCUT2D eigenvalue weighted by molar-refractivity contribution is 9.11. The Morgan fingerprint density at radius 3 is 2.88 bits per heavy atom. The zero-order chi connectivity index (χ0) is 11.8. The van der Waals surface area contributed by atoms with E-state index in [1.54, 1.807) is 22.7 Å². The number of hydrogen-bond donors (Lipinski definition) is 1. The third-order valence-electron chi connectivity index (χ3n) is 2.65. The number of halogens is 1. The Hall–Kier alpha value is -0.300. The summed E-state index contributed by atoms with van der Waals surface area (Å²) in [5, 5.41) is 14.0. The second-order valence-corrected chi connectivity index (χ2v) is 7.66. The van der Waals surface area contributed by atoms with E-state index in [4.69, 9.17) is 0 Å². The van der Waals surface area contributed by atoms with Gasteiger partial charge in [0.2, 0.25) is 0 Å². The molecule has 0 radical (unpaired) electrons. The van der Waals surface area contributed by atoms with Crippen molar-refractivity contribution >= 4 is 38.6 Å². The molecule has 90 valence electrons. The molecular weight excluding hydrogens is 318 g/mol. The predicted octanol–water partition coefficient (Wildman–Crippen LogP) is 3.59. The Morgan fingerprint density at radius 1 is 1.41 bits per heavy atom. The first-order valence-corrected chi connectivity index (χ1v) is 7.97. The Kier molecular flexibility index (Phi) is 3.30. The van der Waals surface area contributed by atoms with Gasteiger partial charge in [0.1, 0.15) is 5.01 Å². The van der Waals surface area contributed by atoms with Crippen molar-refractivity contribution < 1.29 is 0 Å². The van der Waals surface area contributed by atoms with E-state index in [2.05, 4.69) is 44.4 Å². The minimum Gasteiger partial charge on any atom is -0.308 e. The van der Waals surface area contributed by atoms with E-state index in [0.29, 0.717) is 0 Å². The average molecular weight is 330 g/mol. The van der Waals surface area contributed by atoms with Crippen molar-refractivity contribution in [1.29, 1.82) is 0 Å². The van der Waals surface area contributed by atoms with Crippen molar-refractivity contribution in [2.24, 2.45) is 0 Å². The first-order chi connectivity index (χ1) is 8.22. The summed E-state index contributed by atoms with van der Waals surface area (Å²) >= 11 is 6.95. The van der Waals surface area contributed by atoms with Crippen LogP contribution in [0.15, 0.2) is 9.85 Å². The van der Waals surface area contributed by atoms with Crippen molar-refractivity contribution in [3.8, 4) is 9.88 Å². The molecule has 0 aliphatic heterocycles. The fourth-order valence-corrected chi connectivity index (χ4v) is 3.87. The maximum absolute atomic E-state index is 4.26. The first-order valence-electron chi connectivity index (χ1n) is 5.54. The maximum atomic E-state index is 4.26. The van der Waals surface area contributed by atoms with Crippen LogP contribution in [0.3, 0.4) is 0 Å². The van der Waals surface area contributed by atoms with Crippen LogP contribution in [0.5, 0.6) is 0 Å². The molecule has 0 amide bonds. The Labute approximate surface area is 116 Å². The smallest absolute Gasteiger partial charge is 0.157 e. The van der Waals surface area contributed by atoms with E-state index in [1.807, 2.05) is 0 Å². The molecule has 3 nitrogen and oxygen atoms in total. The van der Waals surface area contributed by atoms with Crippen molar-refractivity contribution in [3.05, 3.63) is 20.4 Å². The number of nitrogens with one attached hydrogen (secondary N) is 1. The fourth-order valence-electron chi connectivity index (χ4n) is 1.51. The summed E-state index contributed by atoms with van der Waals surface area (Å²) in [5.41, 5.74) is 1.26. The molecule has 6 heteroatoms. The Balaban J connectivity index is 1.74. The minimum atomic E-state index is 0.723. The van der Waals surface area contributed by atoms with Crippen molar-refractivity contribution in [3.63, 3.8) is 0 Å². The van der Waals surface area contributed by atoms with Crippen LogP contribution in [-0.4, -0.2) is 16.2 Å². The predicted molar refractivity (Wildman–Crippen MR) is 75.5 cm³/mol. The van der Waals surface area contributed by atoms with Crippen molar-refractivity contribution in [2.75, 3.05) is 0 Å². The van der Waals surface area contributed by atoms with Gasteiger partial charge in [0, 0.05) is 12.6 Å². The van der Waals surface area contributed by atoms with E-state index < -0.39 is 0 Å². The van der Waals surface area contributed by atoms with Gasteiger partial charge in [-0.25, -0.2) is 0 Å². The van der Waals surface area contributed by atoms with E-state index in [9.17, 15) is 0 Å². The molecule has 0 saturated heterocycles. The zero-order valence-corrected chi connectivity index (χ0v) is 12.6. The molecule has 3 rings (SSSR count). The van der Waals surface area contributed by atoms with Crippen LogP contribution in [0.1, 0.15) is 23.4 Å². The van der Waals surface area contributed by atoms with E-state index in [-0.39, 0.29) is 0 Å². The highest BCUT2D eigenvalue weighted by atomic mass is 79.9. The van der Waals surface area contributed by atoms with Crippen molar-refractivity contribution in [1.82, 2.24) is 15.5 Å². The molecule has 0 spiro atoms. The van der Waals surface area contributed by atoms with Crippen LogP contribution in [0, 0.1) is 6.92 Å². The number of nitrogens with zero attached hydrogens (tertiary/aromatic N) is 2. The number of hydrogen-bond acceptors (Lipinski definition) is 5. The Morgan fingerprint density at radius 2 is 2.24 bits per heavy atom. The van der Waals surface area contributed by atoms with Gasteiger partial charge in [-0.3, -0.25) is 0 Å². The standard InChI is InChI=1S/C11H12BrN3S2/c1-6-4-8(16-10(6)12)11-15-14-9(17-11)5-13-7-2-3-7/h4,7,13H,2-3,5H2,1H3. The molecular formula is C11H12BrN3S2. The topological polar surface area (TPSA) is 37.8 Å². The van der Waals surface area contributed by atoms with Gasteiger partial charge in [0.25, 0.3) is 0 Å².